The van der Waals surface area contributed by atoms with E-state index in [1.165, 1.54) is 24.0 Å². The number of rotatable bonds is 5. The van der Waals surface area contributed by atoms with Crippen molar-refractivity contribution < 1.29 is 0 Å². The summed E-state index contributed by atoms with van der Waals surface area (Å²) >= 11 is 5.99. The molecule has 0 amide bonds. The predicted octanol–water partition coefficient (Wildman–Crippen LogP) is 4.35. The SMILES string of the molecule is CCCC(C)C(NC)c1ccc(Cl)cc1C. The van der Waals surface area contributed by atoms with Gasteiger partial charge in [-0.2, -0.15) is 0 Å². The Bertz CT molecular complexity index is 336. The number of nitrogens with one attached hydrogen (secondary N) is 1. The summed E-state index contributed by atoms with van der Waals surface area (Å²) < 4.78 is 0. The first-order valence-electron chi connectivity index (χ1n) is 6.03. The Labute approximate surface area is 104 Å². The molecule has 0 radical (unpaired) electrons. The van der Waals surface area contributed by atoms with Crippen LogP contribution in [0.1, 0.15) is 43.9 Å². The van der Waals surface area contributed by atoms with Gasteiger partial charge < -0.3 is 5.32 Å². The second kappa shape index (κ2) is 6.27. The van der Waals surface area contributed by atoms with Crippen molar-refractivity contribution in [2.24, 2.45) is 5.92 Å². The smallest absolute Gasteiger partial charge is 0.0408 e. The van der Waals surface area contributed by atoms with E-state index in [4.69, 9.17) is 11.6 Å². The average molecular weight is 240 g/mol. The van der Waals surface area contributed by atoms with Gasteiger partial charge in [0.1, 0.15) is 0 Å². The second-order valence-electron chi connectivity index (χ2n) is 4.53. The Balaban J connectivity index is 2.94. The maximum Gasteiger partial charge on any atom is 0.0408 e. The van der Waals surface area contributed by atoms with E-state index in [-0.39, 0.29) is 0 Å². The van der Waals surface area contributed by atoms with Gasteiger partial charge in [0.05, 0.1) is 0 Å². The third kappa shape index (κ3) is 3.23. The summed E-state index contributed by atoms with van der Waals surface area (Å²) in [6, 6.07) is 6.59. The molecule has 0 aliphatic carbocycles. The second-order valence-corrected chi connectivity index (χ2v) is 4.97. The average Bonchev–Trinajstić information content (AvgIpc) is 2.22. The normalized spacial score (nSPS) is 14.8. The van der Waals surface area contributed by atoms with Crippen molar-refractivity contribution in [1.82, 2.24) is 5.32 Å². The maximum absolute atomic E-state index is 5.99. The van der Waals surface area contributed by atoms with Crippen molar-refractivity contribution in [1.29, 1.82) is 0 Å². The zero-order valence-electron chi connectivity index (χ0n) is 10.7. The first kappa shape index (κ1) is 13.5. The summed E-state index contributed by atoms with van der Waals surface area (Å²) in [7, 11) is 2.03. The molecule has 1 aromatic rings. The van der Waals surface area contributed by atoms with Crippen LogP contribution in [-0.4, -0.2) is 7.05 Å². The quantitative estimate of drug-likeness (QED) is 0.806. The number of aryl methyl sites for hydroxylation is 1. The molecule has 0 bridgehead atoms. The van der Waals surface area contributed by atoms with Crippen molar-refractivity contribution in [3.05, 3.63) is 34.3 Å². The molecule has 2 heteroatoms. The van der Waals surface area contributed by atoms with Gasteiger partial charge in [-0.25, -0.2) is 0 Å². The zero-order valence-corrected chi connectivity index (χ0v) is 11.4. The van der Waals surface area contributed by atoms with E-state index >= 15 is 0 Å². The van der Waals surface area contributed by atoms with Crippen LogP contribution in [0.4, 0.5) is 0 Å². The van der Waals surface area contributed by atoms with Crippen LogP contribution in [0.5, 0.6) is 0 Å². The van der Waals surface area contributed by atoms with Crippen LogP contribution in [-0.2, 0) is 0 Å². The summed E-state index contributed by atoms with van der Waals surface area (Å²) in [5.41, 5.74) is 2.64. The highest BCUT2D eigenvalue weighted by Gasteiger charge is 2.18. The fourth-order valence-corrected chi connectivity index (χ4v) is 2.58. The van der Waals surface area contributed by atoms with Crippen LogP contribution in [0.15, 0.2) is 18.2 Å². The van der Waals surface area contributed by atoms with Crippen molar-refractivity contribution >= 4 is 11.6 Å². The van der Waals surface area contributed by atoms with Crippen LogP contribution >= 0.6 is 11.6 Å². The first-order chi connectivity index (χ1) is 7.60. The standard InChI is InChI=1S/C14H22ClN/c1-5-6-10(2)14(16-4)13-8-7-12(15)9-11(13)3/h7-10,14,16H,5-6H2,1-4H3. The minimum atomic E-state index is 0.428. The van der Waals surface area contributed by atoms with Crippen LogP contribution in [0.3, 0.4) is 0 Å². The highest BCUT2D eigenvalue weighted by Crippen LogP contribution is 2.28. The van der Waals surface area contributed by atoms with Gasteiger partial charge in [-0.3, -0.25) is 0 Å². The third-order valence-electron chi connectivity index (χ3n) is 3.19. The molecule has 2 atom stereocenters. The van der Waals surface area contributed by atoms with Gasteiger partial charge in [-0.15, -0.1) is 0 Å². The zero-order chi connectivity index (χ0) is 12.1. The lowest BCUT2D eigenvalue weighted by molar-refractivity contribution is 0.383. The summed E-state index contributed by atoms with van der Waals surface area (Å²) in [5, 5.41) is 4.24. The molecule has 0 heterocycles. The van der Waals surface area contributed by atoms with Gasteiger partial charge in [0.25, 0.3) is 0 Å². The molecule has 0 spiro atoms. The Kier molecular flexibility index (Phi) is 5.30. The fraction of sp³-hybridized carbons (Fsp3) is 0.571. The lowest BCUT2D eigenvalue weighted by atomic mass is 9.89. The van der Waals surface area contributed by atoms with E-state index in [9.17, 15) is 0 Å². The highest BCUT2D eigenvalue weighted by atomic mass is 35.5. The number of hydrogen-bond donors (Lipinski definition) is 1. The molecule has 1 N–H and O–H groups in total. The summed E-state index contributed by atoms with van der Waals surface area (Å²) in [6.45, 7) is 6.67. The molecule has 90 valence electrons. The fourth-order valence-electron chi connectivity index (χ4n) is 2.36. The van der Waals surface area contributed by atoms with Crippen LogP contribution in [0, 0.1) is 12.8 Å². The van der Waals surface area contributed by atoms with E-state index in [0.29, 0.717) is 12.0 Å². The van der Waals surface area contributed by atoms with Gasteiger partial charge >= 0.3 is 0 Å². The lowest BCUT2D eigenvalue weighted by Crippen LogP contribution is -2.24. The minimum absolute atomic E-state index is 0.428. The van der Waals surface area contributed by atoms with Crippen LogP contribution in [0.2, 0.25) is 5.02 Å². The molecule has 0 saturated heterocycles. The van der Waals surface area contributed by atoms with Gasteiger partial charge in [0.2, 0.25) is 0 Å². The molecule has 0 aliphatic heterocycles. The van der Waals surface area contributed by atoms with E-state index in [2.05, 4.69) is 32.2 Å². The van der Waals surface area contributed by atoms with Crippen molar-refractivity contribution in [2.75, 3.05) is 7.05 Å². The maximum atomic E-state index is 5.99. The predicted molar refractivity (Wildman–Crippen MR) is 72.1 cm³/mol. The van der Waals surface area contributed by atoms with E-state index in [1.807, 2.05) is 19.2 Å². The molecular formula is C14H22ClN. The van der Waals surface area contributed by atoms with Gasteiger partial charge in [0.15, 0.2) is 0 Å². The number of hydrogen-bond acceptors (Lipinski definition) is 1. The Morgan fingerprint density at radius 3 is 2.56 bits per heavy atom. The molecule has 1 rings (SSSR count). The van der Waals surface area contributed by atoms with E-state index in [0.717, 1.165) is 5.02 Å². The number of benzene rings is 1. The van der Waals surface area contributed by atoms with Gasteiger partial charge in [-0.05, 0) is 49.6 Å². The van der Waals surface area contributed by atoms with Crippen molar-refractivity contribution in [2.45, 2.75) is 39.7 Å². The molecule has 0 aliphatic rings. The Morgan fingerprint density at radius 2 is 2.06 bits per heavy atom. The topological polar surface area (TPSA) is 12.0 Å². The lowest BCUT2D eigenvalue weighted by Gasteiger charge is -2.25. The minimum Gasteiger partial charge on any atom is -0.313 e. The van der Waals surface area contributed by atoms with Crippen molar-refractivity contribution in [3.63, 3.8) is 0 Å². The molecule has 1 nitrogen and oxygen atoms in total. The molecule has 0 saturated carbocycles. The Morgan fingerprint density at radius 1 is 1.38 bits per heavy atom. The van der Waals surface area contributed by atoms with E-state index < -0.39 is 0 Å². The first-order valence-corrected chi connectivity index (χ1v) is 6.41. The van der Waals surface area contributed by atoms with Gasteiger partial charge in [-0.1, -0.05) is 37.9 Å². The highest BCUT2D eigenvalue weighted by molar-refractivity contribution is 6.30. The van der Waals surface area contributed by atoms with Gasteiger partial charge in [0, 0.05) is 11.1 Å². The molecule has 0 fully saturated rings. The van der Waals surface area contributed by atoms with Crippen LogP contribution < -0.4 is 5.32 Å². The number of halogens is 1. The molecule has 1 aromatic carbocycles. The molecular weight excluding hydrogens is 218 g/mol. The summed E-state index contributed by atoms with van der Waals surface area (Å²) in [6.07, 6.45) is 2.47. The largest absolute Gasteiger partial charge is 0.313 e. The van der Waals surface area contributed by atoms with E-state index in [1.54, 1.807) is 0 Å². The van der Waals surface area contributed by atoms with Crippen LogP contribution in [0.25, 0.3) is 0 Å². The third-order valence-corrected chi connectivity index (χ3v) is 3.43. The molecule has 0 aromatic heterocycles. The summed E-state index contributed by atoms with van der Waals surface area (Å²) in [5.74, 6) is 0.648. The van der Waals surface area contributed by atoms with Crippen molar-refractivity contribution in [3.8, 4) is 0 Å². The molecule has 16 heavy (non-hydrogen) atoms. The Hall–Kier alpha value is -0.530. The molecule has 2 unspecified atom stereocenters. The summed E-state index contributed by atoms with van der Waals surface area (Å²) in [4.78, 5) is 0. The monoisotopic (exact) mass is 239 g/mol.